The number of benzene rings is 6. The van der Waals surface area contributed by atoms with Gasteiger partial charge >= 0.3 is 0 Å². The molecule has 0 fully saturated rings. The van der Waals surface area contributed by atoms with Gasteiger partial charge in [0.25, 0.3) is 0 Å². The van der Waals surface area contributed by atoms with Crippen LogP contribution in [0.5, 0.6) is 5.75 Å². The molecule has 0 aliphatic carbocycles. The van der Waals surface area contributed by atoms with E-state index in [4.69, 9.17) is 16.0 Å². The van der Waals surface area contributed by atoms with Gasteiger partial charge in [-0.05, 0) is 153 Å². The van der Waals surface area contributed by atoms with Crippen LogP contribution >= 0.6 is 0 Å². The molecule has 0 atom stereocenters. The lowest BCUT2D eigenvalue weighted by molar-refractivity contribution is 0.471. The molecular weight excluding hydrogens is 767 g/mol. The Kier molecular flexibility index (Phi) is 8.70. The summed E-state index contributed by atoms with van der Waals surface area (Å²) in [5.74, 6) is -1.15. The maximum atomic E-state index is 12.0. The number of rotatable bonds is 8. The zero-order chi connectivity index (χ0) is 53.1. The van der Waals surface area contributed by atoms with Gasteiger partial charge in [-0.25, -0.2) is 4.98 Å². The highest BCUT2D eigenvalue weighted by molar-refractivity contribution is 5.97. The minimum Gasteiger partial charge on any atom is -0.507 e. The van der Waals surface area contributed by atoms with E-state index in [0.717, 1.165) is 61.3 Å². The first-order valence-corrected chi connectivity index (χ1v) is 21.6. The first-order chi connectivity index (χ1) is 33.3. The number of pyridine rings is 1. The predicted octanol–water partition coefficient (Wildman–Crippen LogP) is 16.2. The van der Waals surface area contributed by atoms with Crippen molar-refractivity contribution in [2.45, 2.75) is 113 Å². The van der Waals surface area contributed by atoms with Gasteiger partial charge in [0.15, 0.2) is 0 Å². The van der Waals surface area contributed by atoms with E-state index in [1.165, 1.54) is 6.92 Å². The largest absolute Gasteiger partial charge is 0.507 e. The molecule has 0 saturated heterocycles. The smallest absolute Gasteiger partial charge is 0.149 e. The zero-order valence-electron chi connectivity index (χ0n) is 47.9. The number of nitrogens with zero attached hydrogens (tertiary/aromatic N) is 3. The lowest BCUT2D eigenvalue weighted by Gasteiger charge is -2.22. The van der Waals surface area contributed by atoms with Crippen LogP contribution in [0.15, 0.2) is 127 Å². The molecule has 0 aliphatic heterocycles. The standard InChI is InChI=1S/C59H63N3O/c1-35(2)43-27-44(36(3)4)29-45(28-43)41-21-22-53(38(6)25-41)62-54-16-14-15-50(55(54)61-57(62)51-34-48(58(8,9)10)26-39(7)56(51)63)46-30-47(32-49(31-46)59(11,12)13)52-33-42(23-24-60-52)40-19-17-37(5)18-20-40/h14-36,63H,1-13H3/i17D,18D,19D,20D,23D,24D,33D,35D,36D. The zero-order valence-corrected chi connectivity index (χ0v) is 38.9. The molecule has 4 heteroatoms. The summed E-state index contributed by atoms with van der Waals surface area (Å²) in [6.45, 7) is 25.5. The third kappa shape index (κ3) is 8.61. The van der Waals surface area contributed by atoms with E-state index in [2.05, 4.69) is 75.4 Å². The van der Waals surface area contributed by atoms with Gasteiger partial charge in [-0.1, -0.05) is 148 Å². The molecule has 8 aromatic rings. The van der Waals surface area contributed by atoms with Crippen molar-refractivity contribution in [2.75, 3.05) is 0 Å². The van der Waals surface area contributed by atoms with Gasteiger partial charge in [0, 0.05) is 20.0 Å². The van der Waals surface area contributed by atoms with Gasteiger partial charge in [0.05, 0.1) is 37.6 Å². The van der Waals surface area contributed by atoms with Crippen LogP contribution in [-0.4, -0.2) is 19.6 Å². The van der Waals surface area contributed by atoms with Crippen LogP contribution in [0, 0.1) is 20.8 Å². The van der Waals surface area contributed by atoms with E-state index in [0.29, 0.717) is 28.0 Å². The number of aromatic nitrogens is 3. The number of fused-ring (bicyclic) bond motifs is 1. The molecule has 0 radical (unpaired) electrons. The van der Waals surface area contributed by atoms with Crippen LogP contribution in [0.4, 0.5) is 0 Å². The van der Waals surface area contributed by atoms with Crippen LogP contribution in [-0.2, 0) is 10.8 Å². The fourth-order valence-electron chi connectivity index (χ4n) is 8.03. The Labute approximate surface area is 388 Å². The molecular formula is C59H63N3O. The summed E-state index contributed by atoms with van der Waals surface area (Å²) in [4.78, 5) is 9.97. The summed E-state index contributed by atoms with van der Waals surface area (Å²) in [6.07, 6.45) is -0.468. The van der Waals surface area contributed by atoms with Crippen LogP contribution in [0.3, 0.4) is 0 Å². The molecule has 8 rings (SSSR count). The van der Waals surface area contributed by atoms with Gasteiger partial charge < -0.3 is 5.11 Å². The number of hydrogen-bond acceptors (Lipinski definition) is 3. The van der Waals surface area contributed by atoms with Gasteiger partial charge in [-0.3, -0.25) is 9.55 Å². The molecule has 0 saturated carbocycles. The molecule has 0 unspecified atom stereocenters. The maximum absolute atomic E-state index is 12.0. The van der Waals surface area contributed by atoms with Crippen molar-refractivity contribution in [1.29, 1.82) is 0 Å². The van der Waals surface area contributed by atoms with E-state index < -0.39 is 41.5 Å². The highest BCUT2D eigenvalue weighted by Gasteiger charge is 2.26. The summed E-state index contributed by atoms with van der Waals surface area (Å²) >= 11 is 0. The molecule has 63 heavy (non-hydrogen) atoms. The summed E-state index contributed by atoms with van der Waals surface area (Å²) < 4.78 is 82.0. The minimum absolute atomic E-state index is 0.0551. The van der Waals surface area contributed by atoms with Crippen molar-refractivity contribution in [2.24, 2.45) is 0 Å². The van der Waals surface area contributed by atoms with Gasteiger partial charge in [0.1, 0.15) is 11.6 Å². The van der Waals surface area contributed by atoms with E-state index in [1.54, 1.807) is 0 Å². The topological polar surface area (TPSA) is 50.9 Å². The number of hydrogen-bond donors (Lipinski definition) is 1. The Morgan fingerprint density at radius 3 is 1.89 bits per heavy atom. The number of phenols is 1. The molecule has 6 aromatic carbocycles. The second-order valence-corrected chi connectivity index (χ2v) is 19.4. The highest BCUT2D eigenvalue weighted by atomic mass is 16.3. The third-order valence-corrected chi connectivity index (χ3v) is 11.9. The molecule has 320 valence electrons. The fraction of sp³-hybridized carbons (Fsp3) is 0.288. The van der Waals surface area contributed by atoms with E-state index in [9.17, 15) is 6.48 Å². The van der Waals surface area contributed by atoms with Crippen molar-refractivity contribution in [3.8, 4) is 67.5 Å². The molecule has 0 aliphatic rings. The fourth-order valence-corrected chi connectivity index (χ4v) is 8.03. The number of aryl methyl sites for hydroxylation is 2. The molecule has 1 N–H and O–H groups in total. The van der Waals surface area contributed by atoms with Crippen molar-refractivity contribution in [3.63, 3.8) is 0 Å². The van der Waals surface area contributed by atoms with E-state index >= 15 is 0 Å². The van der Waals surface area contributed by atoms with Crippen LogP contribution < -0.4 is 0 Å². The summed E-state index contributed by atoms with van der Waals surface area (Å²) in [5, 5.41) is 12.0. The Morgan fingerprint density at radius 1 is 0.603 bits per heavy atom. The maximum Gasteiger partial charge on any atom is 0.149 e. The summed E-state index contributed by atoms with van der Waals surface area (Å²) in [7, 11) is 0. The van der Waals surface area contributed by atoms with E-state index in [1.807, 2.05) is 102 Å². The predicted molar refractivity (Wildman–Crippen MR) is 267 cm³/mol. The highest BCUT2D eigenvalue weighted by Crippen LogP contribution is 2.43. The van der Waals surface area contributed by atoms with Gasteiger partial charge in [-0.2, -0.15) is 0 Å². The Balaban J connectivity index is 1.41. The van der Waals surface area contributed by atoms with Crippen LogP contribution in [0.2, 0.25) is 0 Å². The summed E-state index contributed by atoms with van der Waals surface area (Å²) in [6, 6.07) is 26.0. The van der Waals surface area contributed by atoms with Crippen molar-refractivity contribution in [3.05, 3.63) is 166 Å². The van der Waals surface area contributed by atoms with Crippen molar-refractivity contribution in [1.82, 2.24) is 14.5 Å². The van der Waals surface area contributed by atoms with Crippen LogP contribution in [0.1, 0.15) is 132 Å². The number of aromatic hydroxyl groups is 1. The lowest BCUT2D eigenvalue weighted by Crippen LogP contribution is -2.12. The Bertz CT molecular complexity index is 3470. The quantitative estimate of drug-likeness (QED) is 0.166. The van der Waals surface area contributed by atoms with Crippen molar-refractivity contribution >= 4 is 11.0 Å². The lowest BCUT2D eigenvalue weighted by atomic mass is 9.83. The average molecular weight is 839 g/mol. The average Bonchev–Trinajstić information content (AvgIpc) is 3.68. The van der Waals surface area contributed by atoms with Gasteiger partial charge in [0.2, 0.25) is 0 Å². The van der Waals surface area contributed by atoms with Crippen LogP contribution in [0.25, 0.3) is 72.7 Å². The first kappa shape index (κ1) is 33.3. The molecule has 0 bridgehead atoms. The minimum atomic E-state index is -0.887. The normalized spacial score (nSPS) is 14.6. The molecule has 4 nitrogen and oxygen atoms in total. The molecule has 0 amide bonds. The Hall–Kier alpha value is -6.26. The third-order valence-electron chi connectivity index (χ3n) is 11.9. The monoisotopic (exact) mass is 839 g/mol. The first-order valence-electron chi connectivity index (χ1n) is 26.1. The van der Waals surface area contributed by atoms with E-state index in [-0.39, 0.29) is 51.7 Å². The SMILES string of the molecule is [2H]c1nc(-c2cc(-c3cccc4c3nc(-c3cc(C(C)(C)C)cc(C)c3O)n4-c3ccc(-c4cc(C([2H])(C)C)cc(C([2H])(C)C)c4)cc3C)cc(C(C)(C)C)c2)c([2H])c(-c2c([2H])c([2H])c(C)c([2H])c2[2H])c1[2H]. The number of imidazole rings is 1. The second kappa shape index (κ2) is 16.5. The number of para-hydroxylation sites is 1. The Morgan fingerprint density at radius 2 is 1.25 bits per heavy atom. The van der Waals surface area contributed by atoms with Gasteiger partial charge in [-0.15, -0.1) is 0 Å². The number of phenolic OH excluding ortho intramolecular Hbond substituents is 1. The molecule has 2 aromatic heterocycles. The molecule has 0 spiro atoms. The summed E-state index contributed by atoms with van der Waals surface area (Å²) in [5.41, 5.74) is 10.8. The van der Waals surface area contributed by atoms with Crippen molar-refractivity contribution < 1.29 is 17.4 Å². The second-order valence-electron chi connectivity index (χ2n) is 19.4. The molecule has 2 heterocycles.